The van der Waals surface area contributed by atoms with E-state index >= 15 is 0 Å². The highest BCUT2D eigenvalue weighted by molar-refractivity contribution is 5.88. The molecule has 0 saturated carbocycles. The third kappa shape index (κ3) is 13.6. The topological polar surface area (TPSA) is 214 Å². The lowest BCUT2D eigenvalue weighted by Gasteiger charge is -2.49. The van der Waals surface area contributed by atoms with Crippen LogP contribution in [-0.4, -0.2) is 162 Å². The first-order chi connectivity index (χ1) is 30.4. The smallest absolute Gasteiger partial charge is 0.311 e. The third-order valence-corrected chi connectivity index (χ3v) is 13.7. The van der Waals surface area contributed by atoms with Crippen molar-refractivity contribution in [2.45, 2.75) is 193 Å². The Labute approximate surface area is 386 Å². The van der Waals surface area contributed by atoms with E-state index in [0.717, 1.165) is 5.75 Å². The number of methoxy groups -OCH3 is 1. The van der Waals surface area contributed by atoms with Gasteiger partial charge in [0.2, 0.25) is 0 Å². The Kier molecular flexibility index (Phi) is 19.6. The minimum Gasteiger partial charge on any atom is -0.493 e. The number of aliphatic hydroxyl groups is 4. The average molecular weight is 925 g/mol. The Hall–Kier alpha value is -2.97. The van der Waals surface area contributed by atoms with Crippen LogP contribution >= 0.6 is 0 Å². The lowest BCUT2D eigenvalue weighted by atomic mass is 9.73. The zero-order valence-electron chi connectivity index (χ0n) is 41.2. The maximum Gasteiger partial charge on any atom is 0.311 e. The predicted molar refractivity (Wildman–Crippen MR) is 241 cm³/mol. The third-order valence-electron chi connectivity index (χ3n) is 13.7. The maximum atomic E-state index is 14.5. The molecule has 18 atom stereocenters. The summed E-state index contributed by atoms with van der Waals surface area (Å²) in [7, 11) is 5.23. The first kappa shape index (κ1) is 54.6. The Morgan fingerprint density at radius 1 is 0.923 bits per heavy atom. The number of oxime groups is 1. The second kappa shape index (κ2) is 23.4. The summed E-state index contributed by atoms with van der Waals surface area (Å²) in [5.41, 5.74) is -4.48. The largest absolute Gasteiger partial charge is 0.493 e. The van der Waals surface area contributed by atoms with Gasteiger partial charge in [0.05, 0.1) is 54.4 Å². The van der Waals surface area contributed by atoms with E-state index in [9.17, 15) is 30.0 Å². The lowest BCUT2D eigenvalue weighted by molar-refractivity contribution is -0.318. The highest BCUT2D eigenvalue weighted by Gasteiger charge is 2.54. The first-order valence-electron chi connectivity index (χ1n) is 23.3. The number of carbonyl (C=O) groups excluding carboxylic acids is 2. The van der Waals surface area contributed by atoms with E-state index in [1.807, 2.05) is 63.2 Å². The molecule has 1 unspecified atom stereocenters. The van der Waals surface area contributed by atoms with Crippen LogP contribution in [-0.2, 0) is 47.6 Å². The first-order valence-corrected chi connectivity index (χ1v) is 23.3. The van der Waals surface area contributed by atoms with Crippen LogP contribution in [0.2, 0.25) is 0 Å². The van der Waals surface area contributed by atoms with Gasteiger partial charge in [0, 0.05) is 50.7 Å². The molecule has 0 radical (unpaired) electrons. The van der Waals surface area contributed by atoms with Gasteiger partial charge in [-0.15, -0.1) is 0 Å². The monoisotopic (exact) mass is 925 g/mol. The molecule has 1 aromatic rings. The second-order valence-corrected chi connectivity index (χ2v) is 19.5. The number of cyclic esters (lactones) is 1. The van der Waals surface area contributed by atoms with Crippen LogP contribution in [0.5, 0.6) is 5.75 Å². The molecular weight excluding hydrogens is 845 g/mol. The van der Waals surface area contributed by atoms with Gasteiger partial charge < -0.3 is 68.1 Å². The normalized spacial score (nSPS) is 41.9. The number of nitrogens with zero attached hydrogens (tertiary/aromatic N) is 2. The fourth-order valence-corrected chi connectivity index (χ4v) is 9.93. The van der Waals surface area contributed by atoms with Crippen LogP contribution in [0.1, 0.15) is 108 Å². The van der Waals surface area contributed by atoms with Gasteiger partial charge in [-0.1, -0.05) is 51.0 Å². The summed E-state index contributed by atoms with van der Waals surface area (Å²) in [6.07, 6.45) is -8.97. The van der Waals surface area contributed by atoms with Gasteiger partial charge in [0.25, 0.3) is 0 Å². The molecule has 3 saturated heterocycles. The van der Waals surface area contributed by atoms with Crippen molar-refractivity contribution in [3.05, 3.63) is 30.3 Å². The molecule has 4 N–H and O–H groups in total. The van der Waals surface area contributed by atoms with E-state index in [4.69, 9.17) is 42.7 Å². The van der Waals surface area contributed by atoms with E-state index in [1.54, 1.807) is 48.5 Å². The van der Waals surface area contributed by atoms with Crippen LogP contribution in [0, 0.1) is 23.7 Å². The van der Waals surface area contributed by atoms with E-state index in [-0.39, 0.29) is 38.0 Å². The number of rotatable bonds is 14. The Balaban J connectivity index is 1.81. The Bertz CT molecular complexity index is 1680. The fourth-order valence-electron chi connectivity index (χ4n) is 9.93. The molecule has 0 aromatic heterocycles. The van der Waals surface area contributed by atoms with Gasteiger partial charge in [0.1, 0.15) is 35.8 Å². The number of aliphatic hydroxyl groups excluding tert-OH is 2. The highest BCUT2D eigenvalue weighted by Crippen LogP contribution is 2.41. The molecule has 0 spiro atoms. The van der Waals surface area contributed by atoms with Gasteiger partial charge in [-0.05, 0) is 87.0 Å². The van der Waals surface area contributed by atoms with E-state index in [2.05, 4.69) is 5.16 Å². The molecule has 3 heterocycles. The van der Waals surface area contributed by atoms with Crippen molar-refractivity contribution in [2.24, 2.45) is 28.8 Å². The minimum absolute atomic E-state index is 0.0263. The maximum absolute atomic E-state index is 14.5. The fraction of sp³-hybridized carbons (Fsp3) is 0.812. The number of ether oxygens (including phenoxy) is 8. The second-order valence-electron chi connectivity index (χ2n) is 19.5. The van der Waals surface area contributed by atoms with Crippen molar-refractivity contribution >= 4 is 17.7 Å². The standard InChI is InChI=1S/C48H80N2O15/c1-15-36-48(11,56)41(53)29(4)38(49-59-23-19-22-58-34-20-17-16-18-21-34)27(2)25-46(9,55)42(65-45-39(52)35(50(12)13)24-28(3)60-45)30(5)40(31(6)44(54)63-36)64-37-26-47(10,57-14)43(32(7)61-37)62-33(8)51/h16-18,20-21,27-32,35-37,39-43,45,52-53,55-56H,15,19,22-26H2,1-14H3/b49-38+/t27-,28-,29+,30+,31-,32+,35+,36-,37+,39-,40+,41-,42-,43+,45+,46?,47-,48-/m1/s1. The molecule has 0 bridgehead atoms. The van der Waals surface area contributed by atoms with Crippen LogP contribution in [0.3, 0.4) is 0 Å². The molecule has 3 aliphatic heterocycles. The van der Waals surface area contributed by atoms with Gasteiger partial charge in [-0.2, -0.15) is 0 Å². The van der Waals surface area contributed by atoms with Crippen molar-refractivity contribution < 1.29 is 72.7 Å². The molecule has 0 amide bonds. The number of hydrogen-bond donors (Lipinski definition) is 4. The molecule has 1 aromatic carbocycles. The van der Waals surface area contributed by atoms with Crippen molar-refractivity contribution in [2.75, 3.05) is 34.4 Å². The molecule has 3 fully saturated rings. The number of para-hydroxylation sites is 1. The zero-order valence-corrected chi connectivity index (χ0v) is 41.2. The quantitative estimate of drug-likeness (QED) is 0.114. The predicted octanol–water partition coefficient (Wildman–Crippen LogP) is 4.63. The van der Waals surface area contributed by atoms with E-state index in [0.29, 0.717) is 25.2 Å². The average Bonchev–Trinajstić information content (AvgIpc) is 3.24. The molecule has 0 aliphatic carbocycles. The molecule has 65 heavy (non-hydrogen) atoms. The number of benzene rings is 1. The molecule has 372 valence electrons. The number of hydrogen-bond acceptors (Lipinski definition) is 17. The molecular formula is C48H80N2O15. The zero-order chi connectivity index (χ0) is 48.6. The lowest BCUT2D eigenvalue weighted by Crippen LogP contribution is -2.61. The van der Waals surface area contributed by atoms with Crippen LogP contribution in [0.4, 0.5) is 0 Å². The number of esters is 2. The van der Waals surface area contributed by atoms with Crippen molar-refractivity contribution in [1.82, 2.24) is 4.90 Å². The summed E-state index contributed by atoms with van der Waals surface area (Å²) in [5, 5.41) is 53.3. The summed E-state index contributed by atoms with van der Waals surface area (Å²) < 4.78 is 49.8. The van der Waals surface area contributed by atoms with Crippen LogP contribution in [0.15, 0.2) is 35.5 Å². The summed E-state index contributed by atoms with van der Waals surface area (Å²) in [6.45, 7) is 19.0. The van der Waals surface area contributed by atoms with Crippen LogP contribution < -0.4 is 4.74 Å². The van der Waals surface area contributed by atoms with Crippen molar-refractivity contribution in [1.29, 1.82) is 0 Å². The SMILES string of the molecule is CC[C@H]1OC(=O)[C@H](C)[C@@H](O[C@H]2C[C@@](C)(OC)[C@@H](OC(C)=O)[C@H](C)O2)[C@H](C)[C@@H](O[C@@H]2O[C@H](C)C[C@H](N(C)C)[C@H]2O)C(C)(O)C[C@@H](C)/C(=N\OCCCOc2ccccc2)[C@H](C)[C@@H](O)[C@]1(C)O. The Morgan fingerprint density at radius 3 is 2.18 bits per heavy atom. The summed E-state index contributed by atoms with van der Waals surface area (Å²) in [5.74, 6) is -3.96. The summed E-state index contributed by atoms with van der Waals surface area (Å²) >= 11 is 0. The highest BCUT2D eigenvalue weighted by atomic mass is 16.7. The molecule has 17 nitrogen and oxygen atoms in total. The van der Waals surface area contributed by atoms with Gasteiger partial charge in [-0.25, -0.2) is 0 Å². The summed E-state index contributed by atoms with van der Waals surface area (Å²) in [6, 6.07) is 9.05. The minimum atomic E-state index is -1.98. The molecule has 3 aliphatic rings. The van der Waals surface area contributed by atoms with Gasteiger partial charge in [0.15, 0.2) is 18.7 Å². The number of likely N-dealkylation sites (N-methyl/N-ethyl adjacent to an activating group) is 1. The van der Waals surface area contributed by atoms with Crippen LogP contribution in [0.25, 0.3) is 0 Å². The van der Waals surface area contributed by atoms with Gasteiger partial charge in [-0.3, -0.25) is 9.59 Å². The van der Waals surface area contributed by atoms with Gasteiger partial charge >= 0.3 is 11.9 Å². The van der Waals surface area contributed by atoms with Crippen molar-refractivity contribution in [3.63, 3.8) is 0 Å². The Morgan fingerprint density at radius 2 is 1.58 bits per heavy atom. The van der Waals surface area contributed by atoms with E-state index < -0.39 is 108 Å². The summed E-state index contributed by atoms with van der Waals surface area (Å²) in [4.78, 5) is 34.4. The van der Waals surface area contributed by atoms with E-state index in [1.165, 1.54) is 21.0 Å². The van der Waals surface area contributed by atoms with Crippen molar-refractivity contribution in [3.8, 4) is 5.75 Å². The molecule has 17 heteroatoms. The number of carbonyl (C=O) groups is 2. The molecule has 4 rings (SSSR count).